The Bertz CT molecular complexity index is 230. The number of carboxylic acid groups (broad SMARTS) is 1. The van der Waals surface area contributed by atoms with Crippen molar-refractivity contribution in [2.24, 2.45) is 5.92 Å². The average molecular weight is 199 g/mol. The fraction of sp³-hybridized carbons (Fsp3) is 0.800. The molecule has 1 amide bonds. The molecular formula is C10H17NO3. The summed E-state index contributed by atoms with van der Waals surface area (Å²) in [5.74, 6) is -0.684. The first-order valence-electron chi connectivity index (χ1n) is 4.94. The van der Waals surface area contributed by atoms with Crippen molar-refractivity contribution in [1.82, 2.24) is 5.32 Å². The predicted octanol–water partition coefficient (Wildman–Crippen LogP) is 1.16. The van der Waals surface area contributed by atoms with Crippen molar-refractivity contribution in [2.45, 2.75) is 45.1 Å². The zero-order valence-corrected chi connectivity index (χ0v) is 8.67. The Morgan fingerprint density at radius 1 is 1.50 bits per heavy atom. The molecule has 1 aliphatic rings. The number of carbonyl (C=O) groups excluding carboxylic acids is 1. The number of aliphatic carboxylic acids is 1. The molecule has 1 saturated carbocycles. The van der Waals surface area contributed by atoms with E-state index in [1.807, 2.05) is 6.92 Å². The van der Waals surface area contributed by atoms with Gasteiger partial charge in [0.15, 0.2) is 0 Å². The second kappa shape index (κ2) is 3.98. The molecule has 1 atom stereocenters. The average Bonchev–Trinajstić information content (AvgIpc) is 1.74. The van der Waals surface area contributed by atoms with E-state index in [1.165, 1.54) is 6.92 Å². The van der Waals surface area contributed by atoms with Crippen molar-refractivity contribution in [3.05, 3.63) is 0 Å². The number of amides is 1. The van der Waals surface area contributed by atoms with Gasteiger partial charge in [-0.1, -0.05) is 6.42 Å². The van der Waals surface area contributed by atoms with Crippen molar-refractivity contribution in [3.63, 3.8) is 0 Å². The van der Waals surface area contributed by atoms with Crippen molar-refractivity contribution < 1.29 is 14.7 Å². The first-order chi connectivity index (χ1) is 6.44. The molecule has 4 heteroatoms. The summed E-state index contributed by atoms with van der Waals surface area (Å²) in [6.45, 7) is 3.26. The molecule has 80 valence electrons. The van der Waals surface area contributed by atoms with E-state index in [9.17, 15) is 9.59 Å². The Labute approximate surface area is 83.7 Å². The largest absolute Gasteiger partial charge is 0.481 e. The second-order valence-electron chi connectivity index (χ2n) is 4.30. The van der Waals surface area contributed by atoms with Crippen molar-refractivity contribution in [2.75, 3.05) is 0 Å². The highest BCUT2D eigenvalue weighted by Gasteiger charge is 2.40. The lowest BCUT2D eigenvalue weighted by Crippen LogP contribution is -2.54. The monoisotopic (exact) mass is 199 g/mol. The molecule has 0 heterocycles. The zero-order chi connectivity index (χ0) is 10.8. The molecule has 1 fully saturated rings. The normalized spacial score (nSPS) is 20.7. The van der Waals surface area contributed by atoms with E-state index >= 15 is 0 Å². The Morgan fingerprint density at radius 2 is 2.07 bits per heavy atom. The Balaban J connectivity index is 2.66. The summed E-state index contributed by atoms with van der Waals surface area (Å²) in [4.78, 5) is 21.7. The van der Waals surface area contributed by atoms with Gasteiger partial charge < -0.3 is 10.4 Å². The predicted molar refractivity (Wildman–Crippen MR) is 51.8 cm³/mol. The number of hydrogen-bond acceptors (Lipinski definition) is 2. The van der Waals surface area contributed by atoms with E-state index in [0.29, 0.717) is 5.92 Å². The number of nitrogens with one attached hydrogen (secondary N) is 1. The summed E-state index contributed by atoms with van der Waals surface area (Å²) in [5.41, 5.74) is -0.560. The third-order valence-electron chi connectivity index (χ3n) is 2.99. The van der Waals surface area contributed by atoms with Crippen LogP contribution in [0.2, 0.25) is 0 Å². The van der Waals surface area contributed by atoms with Gasteiger partial charge in [-0.3, -0.25) is 9.59 Å². The molecule has 1 rings (SSSR count). The summed E-state index contributed by atoms with van der Waals surface area (Å²) in [6, 6.07) is 0. The van der Waals surface area contributed by atoms with Gasteiger partial charge in [0, 0.05) is 6.92 Å². The van der Waals surface area contributed by atoms with Crippen LogP contribution in [0.3, 0.4) is 0 Å². The molecule has 0 aliphatic heterocycles. The smallest absolute Gasteiger partial charge is 0.305 e. The molecule has 0 aromatic carbocycles. The van der Waals surface area contributed by atoms with Gasteiger partial charge in [0.2, 0.25) is 5.91 Å². The summed E-state index contributed by atoms with van der Waals surface area (Å²) >= 11 is 0. The molecule has 2 N–H and O–H groups in total. The molecule has 4 nitrogen and oxygen atoms in total. The summed E-state index contributed by atoms with van der Waals surface area (Å²) in [5, 5.41) is 11.5. The Kier molecular flexibility index (Phi) is 3.13. The van der Waals surface area contributed by atoms with Gasteiger partial charge in [-0.15, -0.1) is 0 Å². The van der Waals surface area contributed by atoms with E-state index in [0.717, 1.165) is 19.3 Å². The third kappa shape index (κ3) is 2.47. The lowest BCUT2D eigenvalue weighted by Gasteiger charge is -2.42. The zero-order valence-electron chi connectivity index (χ0n) is 8.67. The minimum absolute atomic E-state index is 0.0112. The molecule has 1 aliphatic carbocycles. The number of carboxylic acids is 1. The fourth-order valence-corrected chi connectivity index (χ4v) is 2.05. The minimum atomic E-state index is -0.854. The van der Waals surface area contributed by atoms with Crippen LogP contribution in [0.5, 0.6) is 0 Å². The molecule has 0 spiro atoms. The Hall–Kier alpha value is -1.06. The van der Waals surface area contributed by atoms with Crippen molar-refractivity contribution in [3.8, 4) is 0 Å². The van der Waals surface area contributed by atoms with Crippen molar-refractivity contribution >= 4 is 11.9 Å². The van der Waals surface area contributed by atoms with Crippen LogP contribution in [0.25, 0.3) is 0 Å². The number of rotatable bonds is 4. The van der Waals surface area contributed by atoms with E-state index in [-0.39, 0.29) is 12.3 Å². The lowest BCUT2D eigenvalue weighted by molar-refractivity contribution is -0.140. The van der Waals surface area contributed by atoms with Crippen LogP contribution in [-0.4, -0.2) is 22.5 Å². The molecular weight excluding hydrogens is 182 g/mol. The van der Waals surface area contributed by atoms with Gasteiger partial charge >= 0.3 is 5.97 Å². The maximum Gasteiger partial charge on any atom is 0.305 e. The highest BCUT2D eigenvalue weighted by atomic mass is 16.4. The molecule has 0 radical (unpaired) electrons. The highest BCUT2D eigenvalue weighted by molar-refractivity contribution is 5.76. The van der Waals surface area contributed by atoms with E-state index in [4.69, 9.17) is 5.11 Å². The maximum absolute atomic E-state index is 11.0. The SMILES string of the molecule is CC(=O)NC(C)(CC(=O)O)C1CCC1. The van der Waals surface area contributed by atoms with Gasteiger partial charge in [0.25, 0.3) is 0 Å². The fourth-order valence-electron chi connectivity index (χ4n) is 2.05. The van der Waals surface area contributed by atoms with Gasteiger partial charge in [-0.25, -0.2) is 0 Å². The van der Waals surface area contributed by atoms with Crippen LogP contribution in [0.4, 0.5) is 0 Å². The molecule has 0 bridgehead atoms. The van der Waals surface area contributed by atoms with Gasteiger partial charge in [0.05, 0.1) is 12.0 Å². The van der Waals surface area contributed by atoms with Crippen LogP contribution < -0.4 is 5.32 Å². The highest BCUT2D eigenvalue weighted by Crippen LogP contribution is 2.37. The van der Waals surface area contributed by atoms with E-state index < -0.39 is 11.5 Å². The van der Waals surface area contributed by atoms with E-state index in [2.05, 4.69) is 5.32 Å². The van der Waals surface area contributed by atoms with Gasteiger partial charge in [-0.2, -0.15) is 0 Å². The van der Waals surface area contributed by atoms with Gasteiger partial charge in [0.1, 0.15) is 0 Å². The summed E-state index contributed by atoms with van der Waals surface area (Å²) < 4.78 is 0. The quantitative estimate of drug-likeness (QED) is 0.714. The molecule has 14 heavy (non-hydrogen) atoms. The standard InChI is InChI=1S/C10H17NO3/c1-7(12)11-10(2,6-9(13)14)8-4-3-5-8/h8H,3-6H2,1-2H3,(H,11,12)(H,13,14). The summed E-state index contributed by atoms with van der Waals surface area (Å²) in [7, 11) is 0. The van der Waals surface area contributed by atoms with Crippen LogP contribution >= 0.6 is 0 Å². The topological polar surface area (TPSA) is 66.4 Å². The van der Waals surface area contributed by atoms with Crippen LogP contribution in [0, 0.1) is 5.92 Å². The second-order valence-corrected chi connectivity index (χ2v) is 4.30. The first kappa shape index (κ1) is 11.0. The molecule has 0 aromatic rings. The Morgan fingerprint density at radius 3 is 2.36 bits per heavy atom. The number of carbonyl (C=O) groups is 2. The first-order valence-corrected chi connectivity index (χ1v) is 4.94. The molecule has 0 saturated heterocycles. The maximum atomic E-state index is 11.0. The van der Waals surface area contributed by atoms with E-state index in [1.54, 1.807) is 0 Å². The van der Waals surface area contributed by atoms with Crippen LogP contribution in [0.15, 0.2) is 0 Å². The van der Waals surface area contributed by atoms with Crippen molar-refractivity contribution in [1.29, 1.82) is 0 Å². The number of hydrogen-bond donors (Lipinski definition) is 2. The molecule has 1 unspecified atom stereocenters. The molecule has 0 aromatic heterocycles. The lowest BCUT2D eigenvalue weighted by atomic mass is 9.70. The van der Waals surface area contributed by atoms with Crippen LogP contribution in [0.1, 0.15) is 39.5 Å². The minimum Gasteiger partial charge on any atom is -0.481 e. The van der Waals surface area contributed by atoms with Gasteiger partial charge in [-0.05, 0) is 25.7 Å². The van der Waals surface area contributed by atoms with Crippen LogP contribution in [-0.2, 0) is 9.59 Å². The third-order valence-corrected chi connectivity index (χ3v) is 2.99. The summed E-state index contributed by atoms with van der Waals surface area (Å²) in [6.07, 6.45) is 3.19.